The molecule has 33 heavy (non-hydrogen) atoms. The number of carbonyl (C=O) groups is 1. The third-order valence-corrected chi connectivity index (χ3v) is 5.80. The van der Waals surface area contributed by atoms with Gasteiger partial charge in [-0.2, -0.15) is 0 Å². The molecule has 1 heterocycles. The van der Waals surface area contributed by atoms with E-state index in [4.69, 9.17) is 9.47 Å². The van der Waals surface area contributed by atoms with Crippen LogP contribution in [0, 0.1) is 13.8 Å². The van der Waals surface area contributed by atoms with Crippen molar-refractivity contribution >= 4 is 34.6 Å². The van der Waals surface area contributed by atoms with E-state index in [1.807, 2.05) is 87.5 Å². The molecule has 0 aliphatic carbocycles. The van der Waals surface area contributed by atoms with Gasteiger partial charge >= 0.3 is 0 Å². The van der Waals surface area contributed by atoms with Gasteiger partial charge in [-0.25, -0.2) is 4.99 Å². The SMILES string of the molecule is CCOc1cc(C=C2SC(=Nc3cc(C)cc(C)c3)NC2=O)ccc1OCc1ccccc1. The molecular formula is C27H26N2O3S. The maximum Gasteiger partial charge on any atom is 0.264 e. The molecule has 1 N–H and O–H groups in total. The molecule has 3 aromatic rings. The first-order valence-corrected chi connectivity index (χ1v) is 11.6. The second kappa shape index (κ2) is 10.4. The van der Waals surface area contributed by atoms with Crippen LogP contribution in [0.25, 0.3) is 6.08 Å². The summed E-state index contributed by atoms with van der Waals surface area (Å²) in [7, 11) is 0. The summed E-state index contributed by atoms with van der Waals surface area (Å²) in [5.41, 5.74) is 5.04. The van der Waals surface area contributed by atoms with Crippen LogP contribution < -0.4 is 14.8 Å². The molecule has 1 fully saturated rings. The van der Waals surface area contributed by atoms with Gasteiger partial charge in [0.05, 0.1) is 17.2 Å². The predicted octanol–water partition coefficient (Wildman–Crippen LogP) is 6.17. The number of aliphatic imine (C=N–C) groups is 1. The van der Waals surface area contributed by atoms with E-state index in [-0.39, 0.29) is 5.91 Å². The van der Waals surface area contributed by atoms with Crippen LogP contribution in [-0.4, -0.2) is 17.7 Å². The normalized spacial score (nSPS) is 15.7. The highest BCUT2D eigenvalue weighted by Crippen LogP contribution is 2.33. The average Bonchev–Trinajstić information content (AvgIpc) is 3.11. The highest BCUT2D eigenvalue weighted by atomic mass is 32.2. The number of nitrogens with zero attached hydrogens (tertiary/aromatic N) is 1. The van der Waals surface area contributed by atoms with Crippen LogP contribution in [0.1, 0.15) is 29.2 Å². The molecule has 0 aromatic heterocycles. The largest absolute Gasteiger partial charge is 0.490 e. The van der Waals surface area contributed by atoms with E-state index in [1.54, 1.807) is 0 Å². The lowest BCUT2D eigenvalue weighted by Gasteiger charge is -2.13. The summed E-state index contributed by atoms with van der Waals surface area (Å²) in [6, 6.07) is 21.8. The fourth-order valence-corrected chi connectivity index (χ4v) is 4.34. The number of carbonyl (C=O) groups excluding carboxylic acids is 1. The summed E-state index contributed by atoms with van der Waals surface area (Å²) in [6.45, 7) is 6.97. The Morgan fingerprint density at radius 2 is 1.70 bits per heavy atom. The molecule has 1 aliphatic rings. The fraction of sp³-hybridized carbons (Fsp3) is 0.185. The maximum absolute atomic E-state index is 12.5. The molecule has 6 heteroatoms. The smallest absolute Gasteiger partial charge is 0.264 e. The zero-order valence-corrected chi connectivity index (χ0v) is 19.7. The van der Waals surface area contributed by atoms with Crippen molar-refractivity contribution in [2.24, 2.45) is 4.99 Å². The van der Waals surface area contributed by atoms with Crippen LogP contribution in [0.4, 0.5) is 5.69 Å². The summed E-state index contributed by atoms with van der Waals surface area (Å²) in [5.74, 6) is 1.16. The van der Waals surface area contributed by atoms with E-state index in [1.165, 1.54) is 11.8 Å². The molecule has 3 aromatic carbocycles. The van der Waals surface area contributed by atoms with Gasteiger partial charge in [-0.3, -0.25) is 4.79 Å². The molecule has 168 valence electrons. The monoisotopic (exact) mass is 458 g/mol. The van der Waals surface area contributed by atoms with Gasteiger partial charge in [0.15, 0.2) is 16.7 Å². The van der Waals surface area contributed by atoms with Gasteiger partial charge in [-0.1, -0.05) is 42.5 Å². The molecule has 0 unspecified atom stereocenters. The average molecular weight is 459 g/mol. The Balaban J connectivity index is 1.52. The number of amides is 1. The van der Waals surface area contributed by atoms with Crippen molar-refractivity contribution in [2.45, 2.75) is 27.4 Å². The Hall–Kier alpha value is -3.51. The highest BCUT2D eigenvalue weighted by molar-refractivity contribution is 8.18. The molecule has 1 amide bonds. The van der Waals surface area contributed by atoms with Crippen molar-refractivity contribution in [3.63, 3.8) is 0 Å². The first-order chi connectivity index (χ1) is 16.0. The standard InChI is InChI=1S/C27H26N2O3S/c1-4-31-24-15-21(10-11-23(24)32-17-20-8-6-5-7-9-20)16-25-26(30)29-27(33-25)28-22-13-18(2)12-19(3)14-22/h5-16H,4,17H2,1-3H3,(H,28,29,30). The van der Waals surface area contributed by atoms with Crippen LogP contribution in [0.2, 0.25) is 0 Å². The van der Waals surface area contributed by atoms with Gasteiger partial charge < -0.3 is 14.8 Å². The van der Waals surface area contributed by atoms with E-state index in [9.17, 15) is 4.79 Å². The van der Waals surface area contributed by atoms with Crippen LogP contribution in [0.3, 0.4) is 0 Å². The molecule has 0 atom stereocenters. The minimum Gasteiger partial charge on any atom is -0.490 e. The van der Waals surface area contributed by atoms with Crippen LogP contribution in [-0.2, 0) is 11.4 Å². The quantitative estimate of drug-likeness (QED) is 0.430. The van der Waals surface area contributed by atoms with Crippen molar-refractivity contribution in [1.29, 1.82) is 0 Å². The lowest BCUT2D eigenvalue weighted by Crippen LogP contribution is -2.19. The fourth-order valence-electron chi connectivity index (χ4n) is 3.50. The summed E-state index contributed by atoms with van der Waals surface area (Å²) < 4.78 is 11.8. The van der Waals surface area contributed by atoms with E-state index < -0.39 is 0 Å². The van der Waals surface area contributed by atoms with Gasteiger partial charge in [-0.05, 0) is 85.1 Å². The number of hydrogen-bond acceptors (Lipinski definition) is 5. The number of hydrogen-bond donors (Lipinski definition) is 1. The number of amidine groups is 1. The number of thioether (sulfide) groups is 1. The Morgan fingerprint density at radius 3 is 2.42 bits per heavy atom. The second-order valence-electron chi connectivity index (χ2n) is 7.74. The van der Waals surface area contributed by atoms with Gasteiger partial charge in [0, 0.05) is 0 Å². The van der Waals surface area contributed by atoms with Gasteiger partial charge in [0.1, 0.15) is 6.61 Å². The zero-order chi connectivity index (χ0) is 23.2. The Morgan fingerprint density at radius 1 is 0.939 bits per heavy atom. The number of rotatable bonds is 7. The van der Waals surface area contributed by atoms with Gasteiger partial charge in [-0.15, -0.1) is 0 Å². The van der Waals surface area contributed by atoms with Crippen molar-refractivity contribution in [3.05, 3.63) is 93.9 Å². The highest BCUT2D eigenvalue weighted by Gasteiger charge is 2.24. The predicted molar refractivity (Wildman–Crippen MR) is 135 cm³/mol. The number of nitrogens with one attached hydrogen (secondary N) is 1. The van der Waals surface area contributed by atoms with Crippen molar-refractivity contribution in [2.75, 3.05) is 6.61 Å². The molecule has 4 rings (SSSR count). The van der Waals surface area contributed by atoms with Crippen LogP contribution in [0.15, 0.2) is 76.6 Å². The van der Waals surface area contributed by atoms with E-state index in [0.29, 0.717) is 34.8 Å². The number of ether oxygens (including phenoxy) is 2. The summed E-state index contributed by atoms with van der Waals surface area (Å²) >= 11 is 1.33. The molecule has 1 saturated heterocycles. The summed E-state index contributed by atoms with van der Waals surface area (Å²) in [4.78, 5) is 17.7. The van der Waals surface area contributed by atoms with Crippen molar-refractivity contribution in [3.8, 4) is 11.5 Å². The first-order valence-electron chi connectivity index (χ1n) is 10.8. The lowest BCUT2D eigenvalue weighted by molar-refractivity contribution is -0.115. The second-order valence-corrected chi connectivity index (χ2v) is 8.77. The van der Waals surface area contributed by atoms with Crippen LogP contribution >= 0.6 is 11.8 Å². The molecule has 0 saturated carbocycles. The Labute approximate surface area is 198 Å². The first kappa shape index (κ1) is 22.7. The third kappa shape index (κ3) is 6.05. The molecular weight excluding hydrogens is 432 g/mol. The topological polar surface area (TPSA) is 59.9 Å². The molecule has 5 nitrogen and oxygen atoms in total. The van der Waals surface area contributed by atoms with Crippen LogP contribution in [0.5, 0.6) is 11.5 Å². The maximum atomic E-state index is 12.5. The lowest BCUT2D eigenvalue weighted by atomic mass is 10.1. The van der Waals surface area contributed by atoms with E-state index in [2.05, 4.69) is 16.4 Å². The summed E-state index contributed by atoms with van der Waals surface area (Å²) in [5, 5.41) is 3.42. The number of benzene rings is 3. The molecule has 0 bridgehead atoms. The Kier molecular flexibility index (Phi) is 7.15. The van der Waals surface area contributed by atoms with Gasteiger partial charge in [0.25, 0.3) is 5.91 Å². The molecule has 1 aliphatic heterocycles. The van der Waals surface area contributed by atoms with Gasteiger partial charge in [0.2, 0.25) is 0 Å². The minimum atomic E-state index is -0.162. The van der Waals surface area contributed by atoms with E-state index in [0.717, 1.165) is 27.9 Å². The molecule has 0 radical (unpaired) electrons. The zero-order valence-electron chi connectivity index (χ0n) is 18.9. The summed E-state index contributed by atoms with van der Waals surface area (Å²) in [6.07, 6.45) is 1.84. The Bertz CT molecular complexity index is 1200. The van der Waals surface area contributed by atoms with Crippen molar-refractivity contribution in [1.82, 2.24) is 5.32 Å². The number of aryl methyl sites for hydroxylation is 2. The van der Waals surface area contributed by atoms with Crippen molar-refractivity contribution < 1.29 is 14.3 Å². The van der Waals surface area contributed by atoms with E-state index >= 15 is 0 Å². The minimum absolute atomic E-state index is 0.162. The molecule has 0 spiro atoms. The third-order valence-electron chi connectivity index (χ3n) is 4.89.